The molecule has 0 atom stereocenters. The lowest BCUT2D eigenvalue weighted by atomic mass is 10.1. The molecule has 1 rings (SSSR count). The third-order valence-electron chi connectivity index (χ3n) is 2.07. The summed E-state index contributed by atoms with van der Waals surface area (Å²) >= 11 is 0. The van der Waals surface area contributed by atoms with Crippen molar-refractivity contribution >= 4 is 6.08 Å². The third-order valence-corrected chi connectivity index (χ3v) is 2.07. The lowest BCUT2D eigenvalue weighted by Crippen LogP contribution is -1.85. The van der Waals surface area contributed by atoms with E-state index in [0.717, 1.165) is 5.92 Å². The maximum Gasteiger partial charge on any atom is 0.235 e. The van der Waals surface area contributed by atoms with Crippen LogP contribution >= 0.6 is 0 Å². The van der Waals surface area contributed by atoms with Crippen LogP contribution < -0.4 is 0 Å². The Morgan fingerprint density at radius 1 is 1.45 bits per heavy atom. The van der Waals surface area contributed by atoms with E-state index in [1.807, 2.05) is 6.08 Å². The van der Waals surface area contributed by atoms with E-state index >= 15 is 0 Å². The van der Waals surface area contributed by atoms with Crippen molar-refractivity contribution < 1.29 is 4.79 Å². The maximum absolute atomic E-state index is 9.68. The molecule has 0 radical (unpaired) electrons. The Morgan fingerprint density at radius 3 is 2.82 bits per heavy atom. The van der Waals surface area contributed by atoms with Crippen molar-refractivity contribution in [1.29, 1.82) is 0 Å². The van der Waals surface area contributed by atoms with E-state index in [2.05, 4.69) is 11.1 Å². The fourth-order valence-electron chi connectivity index (χ4n) is 1.49. The van der Waals surface area contributed by atoms with Crippen molar-refractivity contribution in [1.82, 2.24) is 0 Å². The van der Waals surface area contributed by atoms with Gasteiger partial charge in [0.05, 0.1) is 6.54 Å². The minimum Gasteiger partial charge on any atom is -0.211 e. The lowest BCUT2D eigenvalue weighted by Gasteiger charge is -1.97. The first kappa shape index (κ1) is 8.22. The van der Waals surface area contributed by atoms with Gasteiger partial charge in [-0.25, -0.2) is 9.79 Å². The van der Waals surface area contributed by atoms with Crippen LogP contribution in [0.1, 0.15) is 25.7 Å². The summed E-state index contributed by atoms with van der Waals surface area (Å²) in [5.74, 6) is 0.747. The number of allylic oxidation sites excluding steroid dienone is 1. The highest BCUT2D eigenvalue weighted by molar-refractivity contribution is 5.33. The summed E-state index contributed by atoms with van der Waals surface area (Å²) in [5, 5.41) is 0. The number of hydrogen-bond donors (Lipinski definition) is 0. The van der Waals surface area contributed by atoms with Crippen LogP contribution in [0.5, 0.6) is 0 Å². The highest BCUT2D eigenvalue weighted by atomic mass is 16.1. The number of nitrogens with zero attached hydrogens (tertiary/aromatic N) is 1. The number of isocyanates is 1. The van der Waals surface area contributed by atoms with E-state index in [1.54, 1.807) is 0 Å². The van der Waals surface area contributed by atoms with E-state index in [-0.39, 0.29) is 0 Å². The molecular weight excluding hydrogens is 138 g/mol. The van der Waals surface area contributed by atoms with Gasteiger partial charge < -0.3 is 0 Å². The molecule has 1 saturated carbocycles. The quantitative estimate of drug-likeness (QED) is 0.345. The predicted octanol–water partition coefficient (Wildman–Crippen LogP) is 2.07. The molecule has 0 spiro atoms. The average Bonchev–Trinajstić information content (AvgIpc) is 2.50. The predicted molar refractivity (Wildman–Crippen MR) is 44.1 cm³/mol. The van der Waals surface area contributed by atoms with Gasteiger partial charge in [-0.1, -0.05) is 25.0 Å². The molecule has 0 N–H and O–H groups in total. The summed E-state index contributed by atoms with van der Waals surface area (Å²) in [6, 6.07) is 0. The summed E-state index contributed by atoms with van der Waals surface area (Å²) in [7, 11) is 0. The third kappa shape index (κ3) is 3.15. The summed E-state index contributed by atoms with van der Waals surface area (Å²) in [5.41, 5.74) is 0. The summed E-state index contributed by atoms with van der Waals surface area (Å²) in [4.78, 5) is 13.1. The molecule has 1 aliphatic carbocycles. The molecule has 60 valence electrons. The van der Waals surface area contributed by atoms with Gasteiger partial charge >= 0.3 is 0 Å². The fraction of sp³-hybridized carbons (Fsp3) is 0.667. The van der Waals surface area contributed by atoms with Gasteiger partial charge in [0, 0.05) is 0 Å². The molecule has 1 aliphatic rings. The molecule has 0 aromatic carbocycles. The first-order valence-electron chi connectivity index (χ1n) is 4.14. The second-order valence-electron chi connectivity index (χ2n) is 2.90. The van der Waals surface area contributed by atoms with Crippen molar-refractivity contribution in [3.63, 3.8) is 0 Å². The van der Waals surface area contributed by atoms with Crippen LogP contribution in [0.4, 0.5) is 0 Å². The fourth-order valence-corrected chi connectivity index (χ4v) is 1.49. The van der Waals surface area contributed by atoms with E-state index in [9.17, 15) is 4.79 Å². The van der Waals surface area contributed by atoms with Gasteiger partial charge in [0.25, 0.3) is 0 Å². The van der Waals surface area contributed by atoms with Crippen LogP contribution in [0.2, 0.25) is 0 Å². The molecule has 0 aromatic rings. The molecule has 2 nitrogen and oxygen atoms in total. The summed E-state index contributed by atoms with van der Waals surface area (Å²) in [6.07, 6.45) is 11.0. The highest BCUT2D eigenvalue weighted by Gasteiger charge is 2.10. The molecule has 0 saturated heterocycles. The van der Waals surface area contributed by atoms with Crippen LogP contribution in [0.15, 0.2) is 17.1 Å². The van der Waals surface area contributed by atoms with Crippen LogP contribution in [0.3, 0.4) is 0 Å². The highest BCUT2D eigenvalue weighted by Crippen LogP contribution is 2.25. The molecule has 11 heavy (non-hydrogen) atoms. The molecule has 0 aliphatic heterocycles. The summed E-state index contributed by atoms with van der Waals surface area (Å²) < 4.78 is 0. The van der Waals surface area contributed by atoms with Crippen molar-refractivity contribution in [2.24, 2.45) is 10.9 Å². The SMILES string of the molecule is O=C=NC/C=C\C1CCCC1. The van der Waals surface area contributed by atoms with E-state index < -0.39 is 0 Å². The lowest BCUT2D eigenvalue weighted by molar-refractivity contribution is 0.564. The topological polar surface area (TPSA) is 29.4 Å². The Morgan fingerprint density at radius 2 is 2.18 bits per heavy atom. The van der Waals surface area contributed by atoms with Gasteiger partial charge in [-0.05, 0) is 18.8 Å². The van der Waals surface area contributed by atoms with Gasteiger partial charge in [0.2, 0.25) is 6.08 Å². The van der Waals surface area contributed by atoms with Crippen LogP contribution in [-0.4, -0.2) is 12.6 Å². The zero-order chi connectivity index (χ0) is 7.94. The van der Waals surface area contributed by atoms with Gasteiger partial charge in [-0.3, -0.25) is 0 Å². The standard InChI is InChI=1S/C9H13NO/c11-8-10-7-3-6-9-4-1-2-5-9/h3,6,9H,1-2,4-5,7H2/b6-3-. The van der Waals surface area contributed by atoms with Crippen LogP contribution in [0, 0.1) is 5.92 Å². The first-order valence-corrected chi connectivity index (χ1v) is 4.14. The smallest absolute Gasteiger partial charge is 0.211 e. The van der Waals surface area contributed by atoms with Gasteiger partial charge in [0.15, 0.2) is 0 Å². The minimum atomic E-state index is 0.500. The van der Waals surface area contributed by atoms with E-state index in [1.165, 1.54) is 31.8 Å². The van der Waals surface area contributed by atoms with Gasteiger partial charge in [-0.15, -0.1) is 0 Å². The van der Waals surface area contributed by atoms with E-state index in [4.69, 9.17) is 0 Å². The van der Waals surface area contributed by atoms with Crippen LogP contribution in [0.25, 0.3) is 0 Å². The van der Waals surface area contributed by atoms with E-state index in [0.29, 0.717) is 6.54 Å². The normalized spacial score (nSPS) is 18.9. The zero-order valence-electron chi connectivity index (χ0n) is 6.62. The zero-order valence-corrected chi connectivity index (χ0v) is 6.62. The number of aliphatic imine (C=N–C) groups is 1. The molecule has 0 aromatic heterocycles. The largest absolute Gasteiger partial charge is 0.235 e. The molecular formula is C9H13NO. The monoisotopic (exact) mass is 151 g/mol. The van der Waals surface area contributed by atoms with Gasteiger partial charge in [0.1, 0.15) is 0 Å². The Kier molecular flexibility index (Phi) is 3.63. The van der Waals surface area contributed by atoms with Crippen molar-refractivity contribution in [3.05, 3.63) is 12.2 Å². The molecule has 0 unspecified atom stereocenters. The van der Waals surface area contributed by atoms with Crippen molar-refractivity contribution in [2.75, 3.05) is 6.54 Å². The Labute approximate surface area is 67.0 Å². The average molecular weight is 151 g/mol. The molecule has 0 heterocycles. The minimum absolute atomic E-state index is 0.500. The Hall–Kier alpha value is -0.880. The molecule has 0 bridgehead atoms. The molecule has 1 fully saturated rings. The number of rotatable bonds is 3. The number of hydrogen-bond acceptors (Lipinski definition) is 2. The molecule has 2 heteroatoms. The second kappa shape index (κ2) is 4.86. The Bertz CT molecular complexity index is 174. The second-order valence-corrected chi connectivity index (χ2v) is 2.90. The van der Waals surface area contributed by atoms with Crippen LogP contribution in [-0.2, 0) is 4.79 Å². The first-order chi connectivity index (χ1) is 5.43. The Balaban J connectivity index is 2.17. The van der Waals surface area contributed by atoms with Crippen molar-refractivity contribution in [3.8, 4) is 0 Å². The summed E-state index contributed by atoms with van der Waals surface area (Å²) in [6.45, 7) is 0.500. The van der Waals surface area contributed by atoms with Crippen molar-refractivity contribution in [2.45, 2.75) is 25.7 Å². The molecule has 0 amide bonds. The van der Waals surface area contributed by atoms with Gasteiger partial charge in [-0.2, -0.15) is 0 Å². The number of carbonyl (C=O) groups excluding carboxylic acids is 1. The maximum atomic E-state index is 9.68.